The fourth-order valence-corrected chi connectivity index (χ4v) is 3.27. The van der Waals surface area contributed by atoms with Crippen LogP contribution in [0, 0.1) is 0 Å². The van der Waals surface area contributed by atoms with Crippen molar-refractivity contribution in [1.29, 1.82) is 0 Å². The second-order valence-electron chi connectivity index (χ2n) is 4.99. The number of halogens is 2. The van der Waals surface area contributed by atoms with Crippen LogP contribution in [0.2, 0.25) is 10.0 Å². The largest absolute Gasteiger partial charge is 0.368 e. The van der Waals surface area contributed by atoms with Crippen molar-refractivity contribution in [2.75, 3.05) is 11.5 Å². The van der Waals surface area contributed by atoms with Gasteiger partial charge >= 0.3 is 0 Å². The number of amides is 1. The van der Waals surface area contributed by atoms with Crippen LogP contribution in [-0.2, 0) is 4.79 Å². The monoisotopic (exact) mass is 386 g/mol. The molecule has 0 bridgehead atoms. The third kappa shape index (κ3) is 4.86. The molecule has 1 heterocycles. The average molecular weight is 387 g/mol. The molecule has 128 valence electrons. The molecule has 0 aliphatic carbocycles. The Balaban J connectivity index is 2.02. The van der Waals surface area contributed by atoms with E-state index < -0.39 is 5.25 Å². The van der Waals surface area contributed by atoms with Crippen LogP contribution in [0.1, 0.15) is 25.5 Å². The molecule has 0 unspecified atom stereocenters. The zero-order chi connectivity index (χ0) is 17.9. The average Bonchev–Trinajstić information content (AvgIpc) is 2.45. The van der Waals surface area contributed by atoms with Crippen LogP contribution in [0.5, 0.6) is 0 Å². The first-order valence-corrected chi connectivity index (χ1v) is 8.59. The quantitative estimate of drug-likeness (QED) is 0.675. The lowest BCUT2D eigenvalue weighted by Gasteiger charge is -2.18. The summed E-state index contributed by atoms with van der Waals surface area (Å²) in [5.74, 6) is -0.172. The van der Waals surface area contributed by atoms with Crippen LogP contribution in [-0.4, -0.2) is 26.1 Å². The van der Waals surface area contributed by atoms with E-state index in [2.05, 4.69) is 20.3 Å². The first-order chi connectivity index (χ1) is 11.3. The standard InChI is InChI=1S/C14H16Cl2N6OS/c1-6(9-4-3-8(15)5-10(9)16)19-11(23)7(2)24-14-21-12(17)20-13(18)22-14/h3-7H,1-2H3,(H,19,23)(H4,17,18,20,21,22)/t6-,7-/m0/s1. The second kappa shape index (κ2) is 7.87. The summed E-state index contributed by atoms with van der Waals surface area (Å²) in [7, 11) is 0. The van der Waals surface area contributed by atoms with E-state index in [1.165, 1.54) is 0 Å². The third-order valence-electron chi connectivity index (χ3n) is 3.09. The molecule has 2 aromatic rings. The number of carbonyl (C=O) groups excluding carboxylic acids is 1. The molecule has 0 aliphatic heterocycles. The highest BCUT2D eigenvalue weighted by molar-refractivity contribution is 8.00. The van der Waals surface area contributed by atoms with Crippen molar-refractivity contribution in [3.8, 4) is 0 Å². The lowest BCUT2D eigenvalue weighted by Crippen LogP contribution is -2.33. The summed E-state index contributed by atoms with van der Waals surface area (Å²) in [5, 5.41) is 3.75. The van der Waals surface area contributed by atoms with Gasteiger partial charge in [-0.3, -0.25) is 4.79 Å². The zero-order valence-electron chi connectivity index (χ0n) is 13.0. The molecule has 24 heavy (non-hydrogen) atoms. The SMILES string of the molecule is C[C@H](Sc1nc(N)nc(N)n1)C(=O)N[C@@H](C)c1ccc(Cl)cc1Cl. The van der Waals surface area contributed by atoms with Crippen LogP contribution < -0.4 is 16.8 Å². The molecule has 2 rings (SSSR count). The molecular formula is C14H16Cl2N6OS. The molecule has 0 aliphatic rings. The van der Waals surface area contributed by atoms with Gasteiger partial charge in [0, 0.05) is 10.0 Å². The highest BCUT2D eigenvalue weighted by atomic mass is 35.5. The Bertz CT molecular complexity index is 740. The van der Waals surface area contributed by atoms with E-state index in [-0.39, 0.29) is 23.8 Å². The molecule has 0 radical (unpaired) electrons. The molecule has 0 saturated heterocycles. The van der Waals surface area contributed by atoms with Gasteiger partial charge in [-0.15, -0.1) is 0 Å². The smallest absolute Gasteiger partial charge is 0.233 e. The Hall–Kier alpha value is -1.77. The zero-order valence-corrected chi connectivity index (χ0v) is 15.3. The lowest BCUT2D eigenvalue weighted by molar-refractivity contribution is -0.120. The number of thioether (sulfide) groups is 1. The Morgan fingerprint density at radius 1 is 1.17 bits per heavy atom. The van der Waals surface area contributed by atoms with Crippen molar-refractivity contribution in [3.63, 3.8) is 0 Å². The van der Waals surface area contributed by atoms with E-state index in [4.69, 9.17) is 34.7 Å². The van der Waals surface area contributed by atoms with Gasteiger partial charge in [0.05, 0.1) is 11.3 Å². The number of hydrogen-bond acceptors (Lipinski definition) is 7. The fourth-order valence-electron chi connectivity index (χ4n) is 1.91. The Kier molecular flexibility index (Phi) is 6.09. The van der Waals surface area contributed by atoms with Crippen LogP contribution in [0.15, 0.2) is 23.4 Å². The number of nitrogens with one attached hydrogen (secondary N) is 1. The first-order valence-electron chi connectivity index (χ1n) is 6.95. The van der Waals surface area contributed by atoms with Crippen molar-refractivity contribution in [1.82, 2.24) is 20.3 Å². The number of carbonyl (C=O) groups is 1. The topological polar surface area (TPSA) is 120 Å². The summed E-state index contributed by atoms with van der Waals surface area (Å²) in [5.41, 5.74) is 11.8. The Morgan fingerprint density at radius 2 is 1.79 bits per heavy atom. The third-order valence-corrected chi connectivity index (χ3v) is 4.61. The molecule has 1 aromatic heterocycles. The number of rotatable bonds is 5. The predicted molar refractivity (Wildman–Crippen MR) is 97.0 cm³/mol. The Morgan fingerprint density at radius 3 is 2.38 bits per heavy atom. The van der Waals surface area contributed by atoms with Gasteiger partial charge < -0.3 is 16.8 Å². The van der Waals surface area contributed by atoms with Crippen LogP contribution in [0.3, 0.4) is 0 Å². The maximum absolute atomic E-state index is 12.3. The number of nitrogens with zero attached hydrogens (tertiary/aromatic N) is 3. The van der Waals surface area contributed by atoms with E-state index in [1.54, 1.807) is 25.1 Å². The fraction of sp³-hybridized carbons (Fsp3) is 0.286. The summed E-state index contributed by atoms with van der Waals surface area (Å²) in [4.78, 5) is 23.9. The number of hydrogen-bond donors (Lipinski definition) is 3. The van der Waals surface area contributed by atoms with Crippen molar-refractivity contribution >= 4 is 52.8 Å². The van der Waals surface area contributed by atoms with Gasteiger partial charge in [-0.25, -0.2) is 0 Å². The van der Waals surface area contributed by atoms with Gasteiger partial charge in [0.15, 0.2) is 5.16 Å². The number of aromatic nitrogens is 3. The van der Waals surface area contributed by atoms with Crippen LogP contribution >= 0.6 is 35.0 Å². The summed E-state index contributed by atoms with van der Waals surface area (Å²) < 4.78 is 0. The minimum Gasteiger partial charge on any atom is -0.368 e. The van der Waals surface area contributed by atoms with Crippen molar-refractivity contribution in [2.24, 2.45) is 0 Å². The van der Waals surface area contributed by atoms with E-state index in [9.17, 15) is 4.79 Å². The highest BCUT2D eigenvalue weighted by Gasteiger charge is 2.20. The first kappa shape index (κ1) is 18.6. The van der Waals surface area contributed by atoms with Gasteiger partial charge in [-0.1, -0.05) is 41.0 Å². The minimum absolute atomic E-state index is 0.0129. The summed E-state index contributed by atoms with van der Waals surface area (Å²) >= 11 is 13.2. The number of nitrogens with two attached hydrogens (primary N) is 2. The normalized spacial score (nSPS) is 13.3. The number of benzene rings is 1. The molecule has 1 aromatic carbocycles. The van der Waals surface area contributed by atoms with Gasteiger partial charge in [0.25, 0.3) is 0 Å². The summed E-state index contributed by atoms with van der Waals surface area (Å²) in [6.07, 6.45) is 0. The summed E-state index contributed by atoms with van der Waals surface area (Å²) in [6.45, 7) is 3.57. The number of nitrogen functional groups attached to an aromatic ring is 2. The van der Waals surface area contributed by atoms with Gasteiger partial charge in [0.1, 0.15) is 0 Å². The second-order valence-corrected chi connectivity index (χ2v) is 7.14. The molecule has 5 N–H and O–H groups in total. The van der Waals surface area contributed by atoms with E-state index in [0.29, 0.717) is 15.2 Å². The van der Waals surface area contributed by atoms with Gasteiger partial charge in [0.2, 0.25) is 17.8 Å². The maximum atomic E-state index is 12.3. The van der Waals surface area contributed by atoms with Crippen molar-refractivity contribution in [3.05, 3.63) is 33.8 Å². The van der Waals surface area contributed by atoms with Gasteiger partial charge in [-0.05, 0) is 31.5 Å². The molecule has 7 nitrogen and oxygen atoms in total. The molecule has 0 spiro atoms. The molecule has 2 atom stereocenters. The predicted octanol–water partition coefficient (Wildman–Crippen LogP) is 2.70. The minimum atomic E-state index is -0.459. The van der Waals surface area contributed by atoms with E-state index >= 15 is 0 Å². The molecular weight excluding hydrogens is 371 g/mol. The molecule has 1 amide bonds. The lowest BCUT2D eigenvalue weighted by atomic mass is 10.1. The van der Waals surface area contributed by atoms with E-state index in [1.807, 2.05) is 6.92 Å². The molecule has 0 saturated carbocycles. The van der Waals surface area contributed by atoms with Crippen LogP contribution in [0.25, 0.3) is 0 Å². The highest BCUT2D eigenvalue weighted by Crippen LogP contribution is 2.27. The van der Waals surface area contributed by atoms with Crippen LogP contribution in [0.4, 0.5) is 11.9 Å². The number of anilines is 2. The van der Waals surface area contributed by atoms with E-state index in [0.717, 1.165) is 17.3 Å². The van der Waals surface area contributed by atoms with Crippen molar-refractivity contribution < 1.29 is 4.79 Å². The molecule has 10 heteroatoms. The van der Waals surface area contributed by atoms with Gasteiger partial charge in [-0.2, -0.15) is 15.0 Å². The van der Waals surface area contributed by atoms with Crippen molar-refractivity contribution in [2.45, 2.75) is 30.3 Å². The maximum Gasteiger partial charge on any atom is 0.233 e. The molecule has 0 fully saturated rings. The Labute approximate surface area is 153 Å². The summed E-state index contributed by atoms with van der Waals surface area (Å²) in [6, 6.07) is 4.86.